The molecule has 0 saturated heterocycles. The van der Waals surface area contributed by atoms with Gasteiger partial charge in [0.1, 0.15) is 0 Å². The molecule has 0 atom stereocenters. The molecule has 0 aliphatic carbocycles. The number of azo groups is 1. The van der Waals surface area contributed by atoms with E-state index in [2.05, 4.69) is 61.5 Å². The molecule has 0 spiro atoms. The standard InChI is InChI=1S/C13H20N2Si/c1-11-7-6-8-12(2)13(11)15-14-9-10-16(3,4)5/h6-10H,1-5H3/b10-9+,15-14?. The molecule has 0 aliphatic heterocycles. The molecule has 1 aromatic carbocycles. The van der Waals surface area contributed by atoms with Gasteiger partial charge in [0.25, 0.3) is 0 Å². The molecule has 86 valence electrons. The Morgan fingerprint density at radius 2 is 1.62 bits per heavy atom. The smallest absolute Gasteiger partial charge is 0.0915 e. The first-order valence-corrected chi connectivity index (χ1v) is 9.13. The van der Waals surface area contributed by atoms with Crippen molar-refractivity contribution in [2.75, 3.05) is 0 Å². The number of hydrogen-bond acceptors (Lipinski definition) is 2. The van der Waals surface area contributed by atoms with Gasteiger partial charge in [-0.1, -0.05) is 43.5 Å². The number of hydrogen-bond donors (Lipinski definition) is 0. The van der Waals surface area contributed by atoms with Crippen molar-refractivity contribution in [3.63, 3.8) is 0 Å². The molecule has 16 heavy (non-hydrogen) atoms. The average molecular weight is 232 g/mol. The Morgan fingerprint density at radius 1 is 1.06 bits per heavy atom. The predicted molar refractivity (Wildman–Crippen MR) is 72.9 cm³/mol. The van der Waals surface area contributed by atoms with Crippen LogP contribution in [0.2, 0.25) is 19.6 Å². The molecule has 0 saturated carbocycles. The first kappa shape index (κ1) is 12.8. The Labute approximate surface area is 99.1 Å². The van der Waals surface area contributed by atoms with Crippen LogP contribution < -0.4 is 0 Å². The molecular weight excluding hydrogens is 212 g/mol. The number of aryl methyl sites for hydroxylation is 2. The van der Waals surface area contributed by atoms with Crippen molar-refractivity contribution < 1.29 is 0 Å². The zero-order valence-corrected chi connectivity index (χ0v) is 11.8. The van der Waals surface area contributed by atoms with Gasteiger partial charge >= 0.3 is 0 Å². The fraction of sp³-hybridized carbons (Fsp3) is 0.385. The molecule has 1 aromatic rings. The van der Waals surface area contributed by atoms with Gasteiger partial charge in [-0.3, -0.25) is 0 Å². The summed E-state index contributed by atoms with van der Waals surface area (Å²) in [7, 11) is -1.16. The monoisotopic (exact) mass is 232 g/mol. The summed E-state index contributed by atoms with van der Waals surface area (Å²) in [5, 5.41) is 8.40. The van der Waals surface area contributed by atoms with Crippen molar-refractivity contribution in [1.82, 2.24) is 0 Å². The first-order chi connectivity index (χ1) is 7.40. The van der Waals surface area contributed by atoms with Crippen LogP contribution in [0.25, 0.3) is 0 Å². The molecule has 0 aliphatic rings. The van der Waals surface area contributed by atoms with Crippen LogP contribution in [-0.4, -0.2) is 8.07 Å². The van der Waals surface area contributed by atoms with Crippen molar-refractivity contribution in [1.29, 1.82) is 0 Å². The topological polar surface area (TPSA) is 24.7 Å². The fourth-order valence-corrected chi connectivity index (χ4v) is 1.83. The second-order valence-electron chi connectivity index (χ2n) is 5.14. The Balaban J connectivity index is 2.82. The second-order valence-corrected chi connectivity index (χ2v) is 10.2. The molecular formula is C13H20N2Si. The minimum atomic E-state index is -1.16. The highest BCUT2D eigenvalue weighted by Crippen LogP contribution is 2.23. The van der Waals surface area contributed by atoms with Gasteiger partial charge in [0.2, 0.25) is 0 Å². The number of nitrogens with zero attached hydrogens (tertiary/aromatic N) is 2. The maximum Gasteiger partial charge on any atom is 0.0915 e. The maximum atomic E-state index is 4.27. The molecule has 0 unspecified atom stereocenters. The van der Waals surface area contributed by atoms with E-state index in [9.17, 15) is 0 Å². The van der Waals surface area contributed by atoms with E-state index in [0.29, 0.717) is 0 Å². The van der Waals surface area contributed by atoms with Gasteiger partial charge < -0.3 is 0 Å². The third-order valence-electron chi connectivity index (χ3n) is 2.24. The highest BCUT2D eigenvalue weighted by Gasteiger charge is 2.06. The third-order valence-corrected chi connectivity index (χ3v) is 3.39. The van der Waals surface area contributed by atoms with Gasteiger partial charge in [-0.25, -0.2) is 0 Å². The fourth-order valence-electron chi connectivity index (χ4n) is 1.31. The van der Waals surface area contributed by atoms with Gasteiger partial charge in [0.15, 0.2) is 0 Å². The lowest BCUT2D eigenvalue weighted by molar-refractivity contribution is 1.18. The van der Waals surface area contributed by atoms with Crippen LogP contribution in [0.5, 0.6) is 0 Å². The van der Waals surface area contributed by atoms with Crippen LogP contribution >= 0.6 is 0 Å². The van der Waals surface area contributed by atoms with Gasteiger partial charge in [-0.2, -0.15) is 10.2 Å². The quantitative estimate of drug-likeness (QED) is 0.529. The minimum absolute atomic E-state index is 0.989. The molecule has 0 aromatic heterocycles. The van der Waals surface area contributed by atoms with E-state index in [1.54, 1.807) is 0 Å². The van der Waals surface area contributed by atoms with Crippen LogP contribution in [0.4, 0.5) is 5.69 Å². The van der Waals surface area contributed by atoms with Crippen molar-refractivity contribution >= 4 is 13.8 Å². The molecule has 0 bridgehead atoms. The van der Waals surface area contributed by atoms with Gasteiger partial charge in [0, 0.05) is 6.20 Å². The van der Waals surface area contributed by atoms with Crippen LogP contribution in [0.3, 0.4) is 0 Å². The molecule has 0 radical (unpaired) electrons. The Bertz CT molecular complexity index is 394. The summed E-state index contributed by atoms with van der Waals surface area (Å²) in [6, 6.07) is 6.16. The molecule has 2 nitrogen and oxygen atoms in total. The largest absolute Gasteiger partial charge is 0.159 e. The van der Waals surface area contributed by atoms with Crippen LogP contribution in [0.1, 0.15) is 11.1 Å². The summed E-state index contributed by atoms with van der Waals surface area (Å²) >= 11 is 0. The van der Waals surface area contributed by atoms with Crippen LogP contribution in [-0.2, 0) is 0 Å². The van der Waals surface area contributed by atoms with E-state index in [0.717, 1.165) is 5.69 Å². The van der Waals surface area contributed by atoms with E-state index in [-0.39, 0.29) is 0 Å². The third kappa shape index (κ3) is 4.11. The van der Waals surface area contributed by atoms with E-state index in [1.165, 1.54) is 11.1 Å². The van der Waals surface area contributed by atoms with Gasteiger partial charge in [-0.15, -0.1) is 0 Å². The highest BCUT2D eigenvalue weighted by molar-refractivity contribution is 6.80. The molecule has 0 N–H and O–H groups in total. The zero-order valence-electron chi connectivity index (χ0n) is 10.8. The normalized spacial score (nSPS) is 12.8. The van der Waals surface area contributed by atoms with Crippen molar-refractivity contribution in [2.45, 2.75) is 33.5 Å². The van der Waals surface area contributed by atoms with Crippen LogP contribution in [0.15, 0.2) is 40.3 Å². The SMILES string of the molecule is Cc1cccc(C)c1N=N/C=C/[Si](C)(C)C. The van der Waals surface area contributed by atoms with E-state index >= 15 is 0 Å². The summed E-state index contributed by atoms with van der Waals surface area (Å²) in [6.45, 7) is 10.9. The van der Waals surface area contributed by atoms with E-state index in [4.69, 9.17) is 0 Å². The summed E-state index contributed by atoms with van der Waals surface area (Å²) < 4.78 is 0. The Morgan fingerprint density at radius 3 is 2.12 bits per heavy atom. The first-order valence-electron chi connectivity index (χ1n) is 5.55. The minimum Gasteiger partial charge on any atom is -0.159 e. The Hall–Kier alpha value is -1.22. The number of benzene rings is 1. The van der Waals surface area contributed by atoms with E-state index < -0.39 is 8.07 Å². The molecule has 3 heteroatoms. The van der Waals surface area contributed by atoms with Crippen molar-refractivity contribution in [3.05, 3.63) is 41.2 Å². The average Bonchev–Trinajstić information content (AvgIpc) is 2.14. The lowest BCUT2D eigenvalue weighted by Gasteiger charge is -2.06. The zero-order chi connectivity index (χ0) is 12.2. The highest BCUT2D eigenvalue weighted by atomic mass is 28.3. The predicted octanol–water partition coefficient (Wildman–Crippen LogP) is 4.78. The lowest BCUT2D eigenvalue weighted by atomic mass is 10.1. The number of rotatable bonds is 3. The summed E-state index contributed by atoms with van der Waals surface area (Å²) in [4.78, 5) is 0. The van der Waals surface area contributed by atoms with Crippen LogP contribution in [0, 0.1) is 13.8 Å². The lowest BCUT2D eigenvalue weighted by Crippen LogP contribution is -2.14. The van der Waals surface area contributed by atoms with Gasteiger partial charge in [-0.05, 0) is 25.0 Å². The Kier molecular flexibility index (Phi) is 4.18. The second kappa shape index (κ2) is 5.21. The summed E-state index contributed by atoms with van der Waals surface area (Å²) in [6.07, 6.45) is 1.83. The van der Waals surface area contributed by atoms with Crippen molar-refractivity contribution in [3.8, 4) is 0 Å². The van der Waals surface area contributed by atoms with Gasteiger partial charge in [0.05, 0.1) is 13.8 Å². The molecule has 1 rings (SSSR count). The van der Waals surface area contributed by atoms with E-state index in [1.807, 2.05) is 12.3 Å². The maximum absolute atomic E-state index is 4.27. The van der Waals surface area contributed by atoms with Crippen molar-refractivity contribution in [2.24, 2.45) is 10.2 Å². The molecule has 0 amide bonds. The summed E-state index contributed by atoms with van der Waals surface area (Å²) in [5.41, 5.74) is 5.52. The molecule has 0 heterocycles. The molecule has 0 fully saturated rings. The summed E-state index contributed by atoms with van der Waals surface area (Å²) in [5.74, 6) is 0.